The number of nitrogens with one attached hydrogen (secondary N) is 1. The van der Waals surface area contributed by atoms with Gasteiger partial charge >= 0.3 is 0 Å². The fourth-order valence-corrected chi connectivity index (χ4v) is 2.51. The Bertz CT molecular complexity index is 828. The van der Waals surface area contributed by atoms with Crippen molar-refractivity contribution < 1.29 is 23.0 Å². The van der Waals surface area contributed by atoms with E-state index in [0.29, 0.717) is 23.6 Å². The fourth-order valence-electron chi connectivity index (χ4n) is 2.28. The molecule has 4 nitrogen and oxygen atoms in total. The molecule has 0 saturated carbocycles. The van der Waals surface area contributed by atoms with Crippen LogP contribution in [0, 0.1) is 11.6 Å². The van der Waals surface area contributed by atoms with E-state index < -0.39 is 23.3 Å². The molecule has 7 heteroatoms. The van der Waals surface area contributed by atoms with Gasteiger partial charge in [-0.25, -0.2) is 8.78 Å². The first-order valence-electron chi connectivity index (χ1n) is 7.29. The number of hydrogen-bond acceptors (Lipinski definition) is 3. The Morgan fingerprint density at radius 2 is 1.83 bits per heavy atom. The lowest BCUT2D eigenvalue weighted by atomic mass is 10.2. The number of halogens is 3. The van der Waals surface area contributed by atoms with Crippen LogP contribution in [0.5, 0.6) is 11.5 Å². The molecule has 24 heavy (non-hydrogen) atoms. The maximum Gasteiger partial charge on any atom is 0.257 e. The Hall–Kier alpha value is -2.34. The Morgan fingerprint density at radius 1 is 1.17 bits per heavy atom. The summed E-state index contributed by atoms with van der Waals surface area (Å²) in [7, 11) is 0. The summed E-state index contributed by atoms with van der Waals surface area (Å²) in [5.74, 6) is -2.59. The molecule has 0 radical (unpaired) electrons. The van der Waals surface area contributed by atoms with Gasteiger partial charge in [-0.05, 0) is 24.3 Å². The lowest BCUT2D eigenvalue weighted by Gasteiger charge is -2.20. The number of carbonyl (C=O) groups excluding carboxylic acids is 1. The van der Waals surface area contributed by atoms with Crippen molar-refractivity contribution in [2.75, 3.05) is 5.32 Å². The van der Waals surface area contributed by atoms with Gasteiger partial charge in [0.05, 0.1) is 10.6 Å². The van der Waals surface area contributed by atoms with Gasteiger partial charge in [0, 0.05) is 25.1 Å². The molecular weight excluding hydrogens is 340 g/mol. The number of hydrogen-bond donors (Lipinski definition) is 1. The van der Waals surface area contributed by atoms with Crippen LogP contribution in [0.25, 0.3) is 0 Å². The number of rotatable bonds is 3. The molecule has 0 unspecified atom stereocenters. The molecule has 2 aromatic rings. The van der Waals surface area contributed by atoms with Crippen molar-refractivity contribution >= 4 is 23.2 Å². The molecule has 1 amide bonds. The average Bonchev–Trinajstić information content (AvgIpc) is 2.87. The Balaban J connectivity index is 1.82. The van der Waals surface area contributed by atoms with Crippen molar-refractivity contribution in [2.45, 2.75) is 26.1 Å². The molecule has 1 aliphatic heterocycles. The summed E-state index contributed by atoms with van der Waals surface area (Å²) in [5, 5.41) is 2.40. The van der Waals surface area contributed by atoms with Crippen LogP contribution >= 0.6 is 11.6 Å². The summed E-state index contributed by atoms with van der Waals surface area (Å²) in [4.78, 5) is 12.2. The molecule has 2 aromatic carbocycles. The van der Waals surface area contributed by atoms with Crippen molar-refractivity contribution in [3.63, 3.8) is 0 Å². The lowest BCUT2D eigenvalue weighted by molar-refractivity contribution is -0.0640. The second kappa shape index (κ2) is 5.94. The average molecular weight is 354 g/mol. The largest absolute Gasteiger partial charge is 0.449 e. The fraction of sp³-hybridized carbons (Fsp3) is 0.235. The third-order valence-corrected chi connectivity index (χ3v) is 4.06. The van der Waals surface area contributed by atoms with Gasteiger partial charge in [-0.1, -0.05) is 18.5 Å². The molecule has 1 heterocycles. The number of anilines is 1. The number of carbonyl (C=O) groups is 1. The van der Waals surface area contributed by atoms with Gasteiger partial charge in [0.15, 0.2) is 23.1 Å². The second-order valence-corrected chi connectivity index (χ2v) is 5.96. The van der Waals surface area contributed by atoms with E-state index in [4.69, 9.17) is 21.1 Å². The lowest BCUT2D eigenvalue weighted by Crippen LogP contribution is -2.33. The molecule has 126 valence electrons. The highest BCUT2D eigenvalue weighted by atomic mass is 35.5. The van der Waals surface area contributed by atoms with Gasteiger partial charge in [0.1, 0.15) is 0 Å². The summed E-state index contributed by atoms with van der Waals surface area (Å²) >= 11 is 5.80. The zero-order chi connectivity index (χ0) is 17.5. The van der Waals surface area contributed by atoms with Crippen LogP contribution in [-0.2, 0) is 0 Å². The minimum absolute atomic E-state index is 0.161. The summed E-state index contributed by atoms with van der Waals surface area (Å²) in [5.41, 5.74) is 0.259. The van der Waals surface area contributed by atoms with E-state index in [1.165, 1.54) is 0 Å². The minimum Gasteiger partial charge on any atom is -0.449 e. The van der Waals surface area contributed by atoms with Gasteiger partial charge in [-0.15, -0.1) is 0 Å². The normalized spacial score (nSPS) is 18.5. The van der Waals surface area contributed by atoms with Crippen LogP contribution in [0.3, 0.4) is 0 Å². The minimum atomic E-state index is -1.14. The van der Waals surface area contributed by atoms with Crippen LogP contribution in [0.15, 0.2) is 30.3 Å². The van der Waals surface area contributed by atoms with Crippen LogP contribution < -0.4 is 14.8 Å². The summed E-state index contributed by atoms with van der Waals surface area (Å²) < 4.78 is 37.8. The first-order valence-corrected chi connectivity index (χ1v) is 7.67. The topological polar surface area (TPSA) is 47.6 Å². The Labute approximate surface area is 142 Å². The SMILES string of the molecule is CC[C@]1(C)Oc2ccc(NC(=O)c3cc(F)c(F)cc3Cl)cc2O1. The van der Waals surface area contributed by atoms with E-state index in [-0.39, 0.29) is 10.6 Å². The quantitative estimate of drug-likeness (QED) is 0.809. The van der Waals surface area contributed by atoms with Crippen molar-refractivity contribution in [2.24, 2.45) is 0 Å². The first-order chi connectivity index (χ1) is 11.3. The van der Waals surface area contributed by atoms with Crippen LogP contribution in [0.4, 0.5) is 14.5 Å². The zero-order valence-electron chi connectivity index (χ0n) is 13.0. The first kappa shape index (κ1) is 16.5. The molecule has 1 aliphatic rings. The van der Waals surface area contributed by atoms with Crippen molar-refractivity contribution in [1.82, 2.24) is 0 Å². The van der Waals surface area contributed by atoms with Crippen LogP contribution in [0.2, 0.25) is 5.02 Å². The molecule has 3 rings (SSSR count). The molecule has 0 saturated heterocycles. The molecule has 1 atom stereocenters. The molecule has 1 N–H and O–H groups in total. The van der Waals surface area contributed by atoms with E-state index in [0.717, 1.165) is 12.1 Å². The third-order valence-electron chi connectivity index (χ3n) is 3.75. The molecule has 0 aromatic heterocycles. The Morgan fingerprint density at radius 3 is 2.54 bits per heavy atom. The zero-order valence-corrected chi connectivity index (χ0v) is 13.7. The van der Waals surface area contributed by atoms with E-state index >= 15 is 0 Å². The van der Waals surface area contributed by atoms with E-state index in [1.54, 1.807) is 18.2 Å². The van der Waals surface area contributed by atoms with E-state index in [2.05, 4.69) is 5.32 Å². The third kappa shape index (κ3) is 3.01. The maximum atomic E-state index is 13.3. The predicted octanol–water partition coefficient (Wildman–Crippen LogP) is 4.77. The van der Waals surface area contributed by atoms with Crippen molar-refractivity contribution in [3.8, 4) is 11.5 Å². The van der Waals surface area contributed by atoms with Crippen molar-refractivity contribution in [1.29, 1.82) is 0 Å². The molecular formula is C17H14ClF2NO3. The number of amides is 1. The highest BCUT2D eigenvalue weighted by Gasteiger charge is 2.35. The highest BCUT2D eigenvalue weighted by molar-refractivity contribution is 6.34. The van der Waals surface area contributed by atoms with Gasteiger partial charge in [0.2, 0.25) is 5.79 Å². The van der Waals surface area contributed by atoms with Gasteiger partial charge < -0.3 is 14.8 Å². The van der Waals surface area contributed by atoms with Crippen molar-refractivity contribution in [3.05, 3.63) is 52.6 Å². The number of ether oxygens (including phenoxy) is 2. The smallest absolute Gasteiger partial charge is 0.257 e. The second-order valence-electron chi connectivity index (χ2n) is 5.55. The van der Waals surface area contributed by atoms with Gasteiger partial charge in [-0.2, -0.15) is 0 Å². The maximum absolute atomic E-state index is 13.3. The van der Waals surface area contributed by atoms with Gasteiger partial charge in [-0.3, -0.25) is 4.79 Å². The van der Waals surface area contributed by atoms with E-state index in [9.17, 15) is 13.6 Å². The molecule has 0 bridgehead atoms. The predicted molar refractivity (Wildman–Crippen MR) is 85.7 cm³/mol. The summed E-state index contributed by atoms with van der Waals surface area (Å²) in [6, 6.07) is 6.40. The van der Waals surface area contributed by atoms with E-state index in [1.807, 2.05) is 13.8 Å². The summed E-state index contributed by atoms with van der Waals surface area (Å²) in [6.45, 7) is 3.74. The highest BCUT2D eigenvalue weighted by Crippen LogP contribution is 2.42. The molecule has 0 fully saturated rings. The number of benzene rings is 2. The monoisotopic (exact) mass is 353 g/mol. The van der Waals surface area contributed by atoms with Crippen LogP contribution in [0.1, 0.15) is 30.6 Å². The summed E-state index contributed by atoms with van der Waals surface area (Å²) in [6.07, 6.45) is 0.647. The standard InChI is InChI=1S/C17H14ClF2NO3/c1-3-17(2)23-14-5-4-9(6-15(14)24-17)21-16(22)10-7-12(19)13(20)8-11(10)18/h4-8H,3H2,1-2H3,(H,21,22)/t17-/m1/s1. The Kier molecular flexibility index (Phi) is 4.09. The molecule has 0 spiro atoms. The molecule has 0 aliphatic carbocycles. The van der Waals surface area contributed by atoms with Gasteiger partial charge in [0.25, 0.3) is 5.91 Å². The van der Waals surface area contributed by atoms with Crippen LogP contribution in [-0.4, -0.2) is 11.7 Å². The number of fused-ring (bicyclic) bond motifs is 1.